The van der Waals surface area contributed by atoms with Crippen molar-refractivity contribution in [3.8, 4) is 11.6 Å². The number of rotatable bonds is 2. The van der Waals surface area contributed by atoms with Gasteiger partial charge in [0, 0.05) is 12.7 Å². The number of hydrogen-bond acceptors (Lipinski definition) is 5. The van der Waals surface area contributed by atoms with Crippen LogP contribution in [-0.4, -0.2) is 15.1 Å². The molecular formula is C11H11N3O3. The number of nitrogens with one attached hydrogen (secondary N) is 1. The Bertz CT molecular complexity index is 600. The van der Waals surface area contributed by atoms with E-state index >= 15 is 0 Å². The quantitative estimate of drug-likeness (QED) is 0.828. The Hall–Kier alpha value is -2.08. The summed E-state index contributed by atoms with van der Waals surface area (Å²) >= 11 is 0. The molecule has 3 aliphatic heterocycles. The van der Waals surface area contributed by atoms with Gasteiger partial charge in [0.2, 0.25) is 0 Å². The summed E-state index contributed by atoms with van der Waals surface area (Å²) < 4.78 is 6.80. The zero-order chi connectivity index (χ0) is 11.9. The molecule has 17 heavy (non-hydrogen) atoms. The molecule has 0 aliphatic carbocycles. The van der Waals surface area contributed by atoms with Crippen molar-refractivity contribution in [2.75, 3.05) is 0 Å². The van der Waals surface area contributed by atoms with Gasteiger partial charge < -0.3 is 13.8 Å². The molecule has 0 aromatic rings. The van der Waals surface area contributed by atoms with Gasteiger partial charge in [-0.15, -0.1) is 5.48 Å². The number of fused-ring (bicyclic) bond motifs is 1. The van der Waals surface area contributed by atoms with Crippen molar-refractivity contribution in [1.29, 1.82) is 0 Å². The van der Waals surface area contributed by atoms with E-state index in [1.165, 1.54) is 0 Å². The van der Waals surface area contributed by atoms with E-state index in [0.29, 0.717) is 18.1 Å². The molecular weight excluding hydrogens is 222 g/mol. The van der Waals surface area contributed by atoms with Gasteiger partial charge in [0.15, 0.2) is 11.6 Å². The smallest absolute Gasteiger partial charge is 0.416 e. The standard InChI is InChI=1S/C11H11N3O3/c1-11(4-6-16-13-11)7-14-5-2-3-8-9(14)12-10(15)17-8/h2-6,13H,7H2,1H3. The van der Waals surface area contributed by atoms with E-state index in [4.69, 9.17) is 9.25 Å². The van der Waals surface area contributed by atoms with Crippen LogP contribution in [0.4, 0.5) is 0 Å². The third kappa shape index (κ3) is 1.72. The van der Waals surface area contributed by atoms with Gasteiger partial charge in [-0.3, -0.25) is 0 Å². The summed E-state index contributed by atoms with van der Waals surface area (Å²) in [7, 11) is 0. The van der Waals surface area contributed by atoms with Crippen LogP contribution in [0.1, 0.15) is 6.92 Å². The molecule has 6 nitrogen and oxygen atoms in total. The lowest BCUT2D eigenvalue weighted by molar-refractivity contribution is 0.0976. The molecule has 0 fully saturated rings. The summed E-state index contributed by atoms with van der Waals surface area (Å²) in [4.78, 5) is 19.9. The number of aromatic nitrogens is 2. The lowest BCUT2D eigenvalue weighted by atomic mass is 10.0. The van der Waals surface area contributed by atoms with Gasteiger partial charge in [0.1, 0.15) is 6.26 Å². The van der Waals surface area contributed by atoms with Crippen molar-refractivity contribution in [3.05, 3.63) is 41.2 Å². The maximum absolute atomic E-state index is 11.1. The summed E-state index contributed by atoms with van der Waals surface area (Å²) in [5.74, 6) is 0.459. The zero-order valence-electron chi connectivity index (χ0n) is 9.21. The first-order chi connectivity index (χ1) is 8.16. The Morgan fingerprint density at radius 2 is 2.47 bits per heavy atom. The van der Waals surface area contributed by atoms with Crippen LogP contribution >= 0.6 is 0 Å². The molecule has 0 aromatic carbocycles. The summed E-state index contributed by atoms with van der Waals surface area (Å²) in [5, 5.41) is 0. The average molecular weight is 233 g/mol. The molecule has 6 heteroatoms. The van der Waals surface area contributed by atoms with Crippen molar-refractivity contribution in [1.82, 2.24) is 15.0 Å². The highest BCUT2D eigenvalue weighted by Gasteiger charge is 2.27. The van der Waals surface area contributed by atoms with Gasteiger partial charge in [-0.2, -0.15) is 4.98 Å². The van der Waals surface area contributed by atoms with Gasteiger partial charge in [-0.1, -0.05) is 0 Å². The van der Waals surface area contributed by atoms with E-state index in [2.05, 4.69) is 10.5 Å². The first-order valence-corrected chi connectivity index (χ1v) is 5.23. The van der Waals surface area contributed by atoms with Crippen LogP contribution in [0.5, 0.6) is 0 Å². The first-order valence-electron chi connectivity index (χ1n) is 5.23. The molecule has 3 rings (SSSR count). The van der Waals surface area contributed by atoms with Crippen molar-refractivity contribution >= 4 is 0 Å². The molecule has 0 spiro atoms. The molecule has 1 atom stereocenters. The van der Waals surface area contributed by atoms with Crippen LogP contribution in [0.25, 0.3) is 11.6 Å². The van der Waals surface area contributed by atoms with E-state index in [1.807, 2.05) is 29.8 Å². The van der Waals surface area contributed by atoms with Gasteiger partial charge in [-0.25, -0.2) is 4.79 Å². The summed E-state index contributed by atoms with van der Waals surface area (Å²) in [6.07, 6.45) is 5.36. The maximum atomic E-state index is 11.1. The third-order valence-electron chi connectivity index (χ3n) is 2.70. The largest absolute Gasteiger partial charge is 0.441 e. The molecule has 1 unspecified atom stereocenters. The topological polar surface area (TPSA) is 69.3 Å². The predicted molar refractivity (Wildman–Crippen MR) is 59.2 cm³/mol. The van der Waals surface area contributed by atoms with E-state index in [9.17, 15) is 4.79 Å². The molecule has 1 N–H and O–H groups in total. The second kappa shape index (κ2) is 3.46. The molecule has 0 radical (unpaired) electrons. The number of hydrogen-bond donors (Lipinski definition) is 1. The lowest BCUT2D eigenvalue weighted by Crippen LogP contribution is -2.40. The summed E-state index contributed by atoms with van der Waals surface area (Å²) in [6.45, 7) is 2.58. The Balaban J connectivity index is 2.01. The van der Waals surface area contributed by atoms with E-state index in [0.717, 1.165) is 0 Å². The maximum Gasteiger partial charge on any atom is 0.441 e. The molecule has 0 saturated carbocycles. The van der Waals surface area contributed by atoms with E-state index < -0.39 is 5.76 Å². The zero-order valence-corrected chi connectivity index (χ0v) is 9.21. The van der Waals surface area contributed by atoms with Gasteiger partial charge in [0.05, 0.1) is 5.54 Å². The fourth-order valence-corrected chi connectivity index (χ4v) is 1.88. The summed E-state index contributed by atoms with van der Waals surface area (Å²) in [5.41, 5.74) is 2.57. The minimum Gasteiger partial charge on any atom is -0.416 e. The Morgan fingerprint density at radius 1 is 1.59 bits per heavy atom. The monoisotopic (exact) mass is 233 g/mol. The van der Waals surface area contributed by atoms with E-state index in [1.54, 1.807) is 12.3 Å². The molecule has 0 bridgehead atoms. The molecule has 0 amide bonds. The second-order valence-electron chi connectivity index (χ2n) is 4.24. The number of hydroxylamine groups is 1. The van der Waals surface area contributed by atoms with E-state index in [-0.39, 0.29) is 5.54 Å². The lowest BCUT2D eigenvalue weighted by Gasteiger charge is -2.23. The highest BCUT2D eigenvalue weighted by atomic mass is 16.6. The highest BCUT2D eigenvalue weighted by Crippen LogP contribution is 2.21. The van der Waals surface area contributed by atoms with Crippen LogP contribution in [0, 0.1) is 0 Å². The molecule has 3 heterocycles. The van der Waals surface area contributed by atoms with Crippen molar-refractivity contribution in [2.45, 2.75) is 19.0 Å². The SMILES string of the molecule is CC1(Cn2cccc3oc(=O)nc2-3)C=CON1. The summed E-state index contributed by atoms with van der Waals surface area (Å²) in [6, 6.07) is 3.53. The average Bonchev–Trinajstić information content (AvgIpc) is 2.85. The second-order valence-corrected chi connectivity index (χ2v) is 4.24. The first kappa shape index (κ1) is 10.1. The predicted octanol–water partition coefficient (Wildman–Crippen LogP) is 0.748. The number of pyridine rings is 1. The van der Waals surface area contributed by atoms with Crippen LogP contribution < -0.4 is 11.2 Å². The molecule has 0 saturated heterocycles. The molecule has 3 aliphatic rings. The molecule has 88 valence electrons. The number of nitrogens with zero attached hydrogens (tertiary/aromatic N) is 2. The Labute approximate surface area is 96.8 Å². The van der Waals surface area contributed by atoms with Crippen LogP contribution in [0.15, 0.2) is 39.9 Å². The minimum absolute atomic E-state index is 0.319. The van der Waals surface area contributed by atoms with Crippen molar-refractivity contribution < 1.29 is 9.25 Å². The van der Waals surface area contributed by atoms with Crippen LogP contribution in [0.3, 0.4) is 0 Å². The highest BCUT2D eigenvalue weighted by molar-refractivity contribution is 5.47. The normalized spacial score (nSPS) is 23.1. The van der Waals surface area contributed by atoms with Crippen molar-refractivity contribution in [3.63, 3.8) is 0 Å². The Morgan fingerprint density at radius 3 is 3.24 bits per heavy atom. The fraction of sp³-hybridized carbons (Fsp3) is 0.273. The van der Waals surface area contributed by atoms with Gasteiger partial charge in [0.25, 0.3) is 0 Å². The minimum atomic E-state index is -0.573. The van der Waals surface area contributed by atoms with Crippen LogP contribution in [0.2, 0.25) is 0 Å². The van der Waals surface area contributed by atoms with Crippen molar-refractivity contribution in [2.24, 2.45) is 0 Å². The molecule has 0 aromatic heterocycles. The van der Waals surface area contributed by atoms with Crippen LogP contribution in [-0.2, 0) is 11.4 Å². The Kier molecular flexibility index (Phi) is 2.05. The fourth-order valence-electron chi connectivity index (χ4n) is 1.88. The van der Waals surface area contributed by atoms with Gasteiger partial charge in [-0.05, 0) is 25.1 Å². The third-order valence-corrected chi connectivity index (χ3v) is 2.70. The van der Waals surface area contributed by atoms with Gasteiger partial charge >= 0.3 is 5.76 Å². The number of oxazole rings is 1.